The van der Waals surface area contributed by atoms with Crippen LogP contribution in [0.1, 0.15) is 233 Å². The van der Waals surface area contributed by atoms with Crippen LogP contribution in [0.25, 0.3) is 0 Å². The first kappa shape index (κ1) is 43.9. The maximum Gasteiger partial charge on any atom is 0.309 e. The van der Waals surface area contributed by atoms with Crippen LogP contribution < -0.4 is 0 Å². The van der Waals surface area contributed by atoms with E-state index in [4.69, 9.17) is 9.47 Å². The average molecular weight is 637 g/mol. The Bertz CT molecular complexity index is 604. The number of hydrogen-bond acceptors (Lipinski definition) is 4. The van der Waals surface area contributed by atoms with Crippen LogP contribution >= 0.6 is 0 Å². The fourth-order valence-corrected chi connectivity index (χ4v) is 6.19. The van der Waals surface area contributed by atoms with Crippen molar-refractivity contribution in [2.75, 3.05) is 13.2 Å². The van der Waals surface area contributed by atoms with Gasteiger partial charge in [0, 0.05) is 0 Å². The zero-order chi connectivity index (χ0) is 32.9. The first-order valence-electron chi connectivity index (χ1n) is 20.4. The molecule has 4 nitrogen and oxygen atoms in total. The Balaban J connectivity index is 3.38. The number of rotatable bonds is 37. The predicted octanol–water partition coefficient (Wildman–Crippen LogP) is 13.6. The largest absolute Gasteiger partial charge is 0.466 e. The molecule has 1 unspecified atom stereocenters. The summed E-state index contributed by atoms with van der Waals surface area (Å²) >= 11 is 0. The monoisotopic (exact) mass is 637 g/mol. The molecule has 0 saturated heterocycles. The molecule has 45 heavy (non-hydrogen) atoms. The van der Waals surface area contributed by atoms with Crippen molar-refractivity contribution in [3.8, 4) is 0 Å². The molecule has 0 spiro atoms. The van der Waals surface area contributed by atoms with Crippen LogP contribution in [-0.4, -0.2) is 25.2 Å². The molecule has 0 amide bonds. The average Bonchev–Trinajstić information content (AvgIpc) is 3.03. The van der Waals surface area contributed by atoms with Gasteiger partial charge in [0.15, 0.2) is 0 Å². The number of carbonyl (C=O) groups is 2. The molecule has 0 aliphatic heterocycles. The Morgan fingerprint density at radius 3 is 0.911 bits per heavy atom. The van der Waals surface area contributed by atoms with Gasteiger partial charge in [-0.2, -0.15) is 0 Å². The van der Waals surface area contributed by atoms with Gasteiger partial charge in [-0.1, -0.05) is 213 Å². The molecule has 4 heteroatoms. The zero-order valence-corrected chi connectivity index (χ0v) is 31.0. The molecule has 0 aromatic rings. The summed E-state index contributed by atoms with van der Waals surface area (Å²) in [5.74, 6) is -0.970. The Morgan fingerprint density at radius 2 is 0.622 bits per heavy atom. The summed E-state index contributed by atoms with van der Waals surface area (Å²) in [5.41, 5.74) is 0. The van der Waals surface area contributed by atoms with Gasteiger partial charge in [-0.25, -0.2) is 0 Å². The third-order valence-electron chi connectivity index (χ3n) is 9.38. The van der Waals surface area contributed by atoms with E-state index in [0.717, 1.165) is 25.7 Å². The second-order valence-electron chi connectivity index (χ2n) is 14.1. The molecule has 0 heterocycles. The highest BCUT2D eigenvalue weighted by Crippen LogP contribution is 2.16. The van der Waals surface area contributed by atoms with Gasteiger partial charge < -0.3 is 9.47 Å². The highest BCUT2D eigenvalue weighted by molar-refractivity contribution is 5.79. The fraction of sp³-hybridized carbons (Fsp3) is 0.951. The van der Waals surface area contributed by atoms with Gasteiger partial charge >= 0.3 is 11.9 Å². The second-order valence-corrected chi connectivity index (χ2v) is 14.1. The van der Waals surface area contributed by atoms with Crippen LogP contribution in [0.5, 0.6) is 0 Å². The van der Waals surface area contributed by atoms with E-state index >= 15 is 0 Å². The Morgan fingerprint density at radius 1 is 0.378 bits per heavy atom. The van der Waals surface area contributed by atoms with E-state index in [1.165, 1.54) is 180 Å². The molecule has 268 valence electrons. The van der Waals surface area contributed by atoms with Gasteiger partial charge in [-0.3, -0.25) is 9.59 Å². The molecule has 0 N–H and O–H groups in total. The standard InChI is InChI=1S/C41H80O4/c1-4-6-8-10-12-14-16-18-20-22-24-26-28-30-32-34-36-44-40(42)38-39(3)41(43)45-37-35-33-31-29-27-25-23-21-19-17-15-13-11-9-7-5-2/h39H,4-38H2,1-3H3. The van der Waals surface area contributed by atoms with Crippen molar-refractivity contribution < 1.29 is 19.1 Å². The smallest absolute Gasteiger partial charge is 0.309 e. The number of unbranched alkanes of at least 4 members (excludes halogenated alkanes) is 30. The van der Waals surface area contributed by atoms with Crippen molar-refractivity contribution in [3.05, 3.63) is 0 Å². The molecule has 0 rings (SSSR count). The summed E-state index contributed by atoms with van der Waals surface area (Å²) < 4.78 is 10.8. The van der Waals surface area contributed by atoms with Crippen LogP contribution in [-0.2, 0) is 19.1 Å². The number of ether oxygens (including phenoxy) is 2. The Hall–Kier alpha value is -1.06. The quantitative estimate of drug-likeness (QED) is 0.0503. The summed E-state index contributed by atoms with van der Waals surface area (Å²) in [7, 11) is 0. The molecule has 0 saturated carbocycles. The normalized spacial score (nSPS) is 12.0. The highest BCUT2D eigenvalue weighted by Gasteiger charge is 2.19. The maximum absolute atomic E-state index is 12.2. The molecular formula is C41H80O4. The van der Waals surface area contributed by atoms with E-state index in [9.17, 15) is 9.59 Å². The molecule has 0 aliphatic rings. The number of hydrogen-bond donors (Lipinski definition) is 0. The lowest BCUT2D eigenvalue weighted by Crippen LogP contribution is -2.20. The molecule has 0 aliphatic carbocycles. The minimum Gasteiger partial charge on any atom is -0.466 e. The summed E-state index contributed by atoms with van der Waals surface area (Å²) in [6, 6.07) is 0. The lowest BCUT2D eigenvalue weighted by molar-refractivity contribution is -0.154. The molecule has 0 radical (unpaired) electrons. The van der Waals surface area contributed by atoms with E-state index in [-0.39, 0.29) is 18.4 Å². The molecule has 0 aromatic heterocycles. The van der Waals surface area contributed by atoms with Crippen molar-refractivity contribution in [1.82, 2.24) is 0 Å². The van der Waals surface area contributed by atoms with Crippen molar-refractivity contribution in [2.24, 2.45) is 5.92 Å². The van der Waals surface area contributed by atoms with Gasteiger partial charge in [-0.05, 0) is 12.8 Å². The van der Waals surface area contributed by atoms with E-state index in [0.29, 0.717) is 13.2 Å². The highest BCUT2D eigenvalue weighted by atomic mass is 16.5. The van der Waals surface area contributed by atoms with Crippen molar-refractivity contribution >= 4 is 11.9 Å². The van der Waals surface area contributed by atoms with E-state index in [2.05, 4.69) is 13.8 Å². The lowest BCUT2D eigenvalue weighted by atomic mass is 10.0. The lowest BCUT2D eigenvalue weighted by Gasteiger charge is -2.11. The van der Waals surface area contributed by atoms with E-state index < -0.39 is 5.92 Å². The molecule has 0 aromatic carbocycles. The van der Waals surface area contributed by atoms with Gasteiger partial charge in [0.2, 0.25) is 0 Å². The Labute approximate surface area is 282 Å². The molecule has 0 fully saturated rings. The minimum absolute atomic E-state index is 0.122. The van der Waals surface area contributed by atoms with Crippen molar-refractivity contribution in [3.63, 3.8) is 0 Å². The summed E-state index contributed by atoms with van der Waals surface area (Å²) in [5, 5.41) is 0. The molecular weight excluding hydrogens is 556 g/mol. The first-order chi connectivity index (χ1) is 22.1. The first-order valence-corrected chi connectivity index (χ1v) is 20.4. The van der Waals surface area contributed by atoms with E-state index in [1.54, 1.807) is 6.92 Å². The summed E-state index contributed by atoms with van der Waals surface area (Å²) in [6.45, 7) is 7.27. The van der Waals surface area contributed by atoms with Crippen LogP contribution in [0.4, 0.5) is 0 Å². The van der Waals surface area contributed by atoms with Crippen LogP contribution in [0, 0.1) is 5.92 Å². The van der Waals surface area contributed by atoms with Crippen LogP contribution in [0.15, 0.2) is 0 Å². The van der Waals surface area contributed by atoms with Gasteiger partial charge in [0.05, 0.1) is 25.6 Å². The Kier molecular flexibility index (Phi) is 36.5. The van der Waals surface area contributed by atoms with Crippen LogP contribution in [0.3, 0.4) is 0 Å². The predicted molar refractivity (Wildman–Crippen MR) is 195 cm³/mol. The third-order valence-corrected chi connectivity index (χ3v) is 9.38. The third kappa shape index (κ3) is 35.6. The van der Waals surface area contributed by atoms with Crippen LogP contribution in [0.2, 0.25) is 0 Å². The summed E-state index contributed by atoms with van der Waals surface area (Å²) in [4.78, 5) is 24.4. The van der Waals surface area contributed by atoms with Gasteiger partial charge in [0.25, 0.3) is 0 Å². The molecule has 1 atom stereocenters. The van der Waals surface area contributed by atoms with E-state index in [1.807, 2.05) is 0 Å². The maximum atomic E-state index is 12.2. The second kappa shape index (κ2) is 37.4. The van der Waals surface area contributed by atoms with Gasteiger partial charge in [0.1, 0.15) is 0 Å². The number of carbonyl (C=O) groups excluding carboxylic acids is 2. The van der Waals surface area contributed by atoms with Crippen molar-refractivity contribution in [1.29, 1.82) is 0 Å². The molecule has 0 bridgehead atoms. The zero-order valence-electron chi connectivity index (χ0n) is 31.0. The summed E-state index contributed by atoms with van der Waals surface area (Å²) in [6.07, 6.45) is 42.7. The van der Waals surface area contributed by atoms with Crippen molar-refractivity contribution in [2.45, 2.75) is 233 Å². The topological polar surface area (TPSA) is 52.6 Å². The van der Waals surface area contributed by atoms with Gasteiger partial charge in [-0.15, -0.1) is 0 Å². The fourth-order valence-electron chi connectivity index (χ4n) is 6.19. The number of esters is 2. The minimum atomic E-state index is -0.427. The SMILES string of the molecule is CCCCCCCCCCCCCCCCCCOC(=O)CC(C)C(=O)OCCCCCCCCCCCCCCCCCC.